The van der Waals surface area contributed by atoms with Gasteiger partial charge < -0.3 is 5.32 Å². The Hall–Kier alpha value is -1.41. The highest BCUT2D eigenvalue weighted by atomic mass is 32.1. The lowest BCUT2D eigenvalue weighted by Gasteiger charge is -2.21. The first-order valence-electron chi connectivity index (χ1n) is 5.86. The van der Waals surface area contributed by atoms with Crippen molar-refractivity contribution in [3.8, 4) is 0 Å². The molecular formula is C15H15NS. The topological polar surface area (TPSA) is 12.0 Å². The van der Waals surface area contributed by atoms with E-state index in [4.69, 9.17) is 12.2 Å². The Bertz CT molecular complexity index is 635. The summed E-state index contributed by atoms with van der Waals surface area (Å²) < 4.78 is 0. The van der Waals surface area contributed by atoms with Crippen molar-refractivity contribution in [1.82, 2.24) is 0 Å². The van der Waals surface area contributed by atoms with Crippen LogP contribution in [0.1, 0.15) is 31.9 Å². The molecule has 1 heterocycles. The molecule has 0 saturated carbocycles. The molecule has 86 valence electrons. The Labute approximate surface area is 107 Å². The summed E-state index contributed by atoms with van der Waals surface area (Å²) in [5.74, 6) is 0. The van der Waals surface area contributed by atoms with E-state index in [9.17, 15) is 0 Å². The van der Waals surface area contributed by atoms with E-state index in [1.54, 1.807) is 0 Å². The van der Waals surface area contributed by atoms with Gasteiger partial charge in [-0.2, -0.15) is 0 Å². The van der Waals surface area contributed by atoms with Crippen LogP contribution >= 0.6 is 12.2 Å². The summed E-state index contributed by atoms with van der Waals surface area (Å²) in [5, 5.41) is 5.88. The van der Waals surface area contributed by atoms with Crippen LogP contribution in [0.15, 0.2) is 30.3 Å². The molecular weight excluding hydrogens is 226 g/mol. The summed E-state index contributed by atoms with van der Waals surface area (Å²) in [6.07, 6.45) is 0. The quantitative estimate of drug-likeness (QED) is 0.692. The van der Waals surface area contributed by atoms with Gasteiger partial charge >= 0.3 is 0 Å². The van der Waals surface area contributed by atoms with Gasteiger partial charge in [-0.1, -0.05) is 57.3 Å². The molecule has 1 N–H and O–H groups in total. The number of anilines is 1. The van der Waals surface area contributed by atoms with Crippen molar-refractivity contribution >= 4 is 33.7 Å². The van der Waals surface area contributed by atoms with E-state index in [2.05, 4.69) is 56.4 Å². The standard InChI is InChI=1S/C15H15NS/c1-15(2,3)11-7-8-12-13-9(11)5-4-6-10(13)14(17)16-12/h4-8H,1-3H3,(H,16,17). The number of benzene rings is 2. The van der Waals surface area contributed by atoms with E-state index >= 15 is 0 Å². The van der Waals surface area contributed by atoms with Crippen LogP contribution in [-0.4, -0.2) is 4.99 Å². The fourth-order valence-electron chi connectivity index (χ4n) is 2.54. The van der Waals surface area contributed by atoms with E-state index in [0.29, 0.717) is 0 Å². The number of nitrogens with one attached hydrogen (secondary N) is 1. The molecule has 0 aromatic heterocycles. The molecule has 1 nitrogen and oxygen atoms in total. The van der Waals surface area contributed by atoms with Crippen LogP contribution in [0.3, 0.4) is 0 Å². The number of hydrogen-bond acceptors (Lipinski definition) is 1. The minimum absolute atomic E-state index is 0.154. The van der Waals surface area contributed by atoms with Crippen LogP contribution in [0.2, 0.25) is 0 Å². The second-order valence-electron chi connectivity index (χ2n) is 5.59. The maximum Gasteiger partial charge on any atom is 0.111 e. The molecule has 0 unspecified atom stereocenters. The Morgan fingerprint density at radius 3 is 2.53 bits per heavy atom. The van der Waals surface area contributed by atoms with Crippen molar-refractivity contribution in [1.29, 1.82) is 0 Å². The number of hydrogen-bond donors (Lipinski definition) is 1. The number of thiocarbonyl (C=S) groups is 1. The Morgan fingerprint density at radius 2 is 1.82 bits per heavy atom. The molecule has 2 heteroatoms. The molecule has 2 aromatic rings. The minimum atomic E-state index is 0.154. The predicted octanol–water partition coefficient (Wildman–Crippen LogP) is 4.24. The van der Waals surface area contributed by atoms with Crippen LogP contribution in [-0.2, 0) is 5.41 Å². The summed E-state index contributed by atoms with van der Waals surface area (Å²) in [5.41, 5.74) is 3.85. The van der Waals surface area contributed by atoms with E-state index in [1.165, 1.54) is 21.9 Å². The lowest BCUT2D eigenvalue weighted by molar-refractivity contribution is 0.596. The summed E-state index contributed by atoms with van der Waals surface area (Å²) in [6.45, 7) is 6.74. The third-order valence-electron chi connectivity index (χ3n) is 3.34. The van der Waals surface area contributed by atoms with Crippen molar-refractivity contribution in [3.63, 3.8) is 0 Å². The zero-order valence-corrected chi connectivity index (χ0v) is 11.1. The first-order chi connectivity index (χ1) is 7.98. The second-order valence-corrected chi connectivity index (χ2v) is 6.00. The lowest BCUT2D eigenvalue weighted by Crippen LogP contribution is -2.11. The summed E-state index contributed by atoms with van der Waals surface area (Å²) in [6, 6.07) is 10.7. The average molecular weight is 241 g/mol. The minimum Gasteiger partial charge on any atom is -0.346 e. The third-order valence-corrected chi connectivity index (χ3v) is 3.66. The molecule has 0 atom stereocenters. The highest BCUT2D eigenvalue weighted by Crippen LogP contribution is 2.39. The van der Waals surface area contributed by atoms with Crippen LogP contribution in [0.25, 0.3) is 10.8 Å². The van der Waals surface area contributed by atoms with Gasteiger partial charge in [0.15, 0.2) is 0 Å². The van der Waals surface area contributed by atoms with Crippen LogP contribution in [0, 0.1) is 0 Å². The number of rotatable bonds is 0. The van der Waals surface area contributed by atoms with Crippen molar-refractivity contribution in [2.45, 2.75) is 26.2 Å². The largest absolute Gasteiger partial charge is 0.346 e. The van der Waals surface area contributed by atoms with Crippen LogP contribution in [0.4, 0.5) is 5.69 Å². The van der Waals surface area contributed by atoms with Gasteiger partial charge in [0.2, 0.25) is 0 Å². The van der Waals surface area contributed by atoms with Gasteiger partial charge in [-0.25, -0.2) is 0 Å². The lowest BCUT2D eigenvalue weighted by atomic mass is 9.83. The molecule has 17 heavy (non-hydrogen) atoms. The normalized spacial score (nSPS) is 14.2. The van der Waals surface area contributed by atoms with Crippen molar-refractivity contribution in [2.75, 3.05) is 5.32 Å². The maximum atomic E-state index is 5.36. The molecule has 3 rings (SSSR count). The highest BCUT2D eigenvalue weighted by molar-refractivity contribution is 7.81. The van der Waals surface area contributed by atoms with E-state index in [0.717, 1.165) is 10.7 Å². The first-order valence-corrected chi connectivity index (χ1v) is 6.27. The third kappa shape index (κ3) is 1.48. The molecule has 0 spiro atoms. The van der Waals surface area contributed by atoms with Crippen molar-refractivity contribution < 1.29 is 0 Å². The van der Waals surface area contributed by atoms with Crippen LogP contribution < -0.4 is 5.32 Å². The molecule has 1 aliphatic rings. The van der Waals surface area contributed by atoms with E-state index in [-0.39, 0.29) is 5.41 Å². The van der Waals surface area contributed by atoms with E-state index in [1.807, 2.05) is 0 Å². The summed E-state index contributed by atoms with van der Waals surface area (Å²) >= 11 is 5.36. The zero-order valence-electron chi connectivity index (χ0n) is 10.3. The second kappa shape index (κ2) is 3.30. The molecule has 2 aromatic carbocycles. The van der Waals surface area contributed by atoms with E-state index < -0.39 is 0 Å². The molecule has 0 radical (unpaired) electrons. The predicted molar refractivity (Wildman–Crippen MR) is 78.0 cm³/mol. The Balaban J connectivity index is 2.45. The van der Waals surface area contributed by atoms with Gasteiger partial charge in [0.1, 0.15) is 4.99 Å². The maximum absolute atomic E-state index is 5.36. The zero-order chi connectivity index (χ0) is 12.2. The average Bonchev–Trinajstić information content (AvgIpc) is 2.57. The molecule has 0 bridgehead atoms. The van der Waals surface area contributed by atoms with Gasteiger partial charge in [-0.05, 0) is 22.4 Å². The Kier molecular flexibility index (Phi) is 2.08. The molecule has 1 aliphatic heterocycles. The SMILES string of the molecule is CC(C)(C)c1ccc2c3c(cccc13)C(=S)N2. The molecule has 0 amide bonds. The van der Waals surface area contributed by atoms with Gasteiger partial charge in [0.25, 0.3) is 0 Å². The fourth-order valence-corrected chi connectivity index (χ4v) is 2.82. The molecule has 0 saturated heterocycles. The first kappa shape index (κ1) is 10.7. The van der Waals surface area contributed by atoms with Crippen molar-refractivity contribution in [2.24, 2.45) is 0 Å². The highest BCUT2D eigenvalue weighted by Gasteiger charge is 2.23. The Morgan fingerprint density at radius 1 is 1.06 bits per heavy atom. The smallest absolute Gasteiger partial charge is 0.111 e. The van der Waals surface area contributed by atoms with Gasteiger partial charge in [-0.15, -0.1) is 0 Å². The van der Waals surface area contributed by atoms with Gasteiger partial charge in [-0.3, -0.25) is 0 Å². The summed E-state index contributed by atoms with van der Waals surface area (Å²) in [7, 11) is 0. The van der Waals surface area contributed by atoms with Gasteiger partial charge in [0.05, 0.1) is 0 Å². The fraction of sp³-hybridized carbons (Fsp3) is 0.267. The van der Waals surface area contributed by atoms with Gasteiger partial charge in [0, 0.05) is 16.6 Å². The molecule has 0 fully saturated rings. The monoisotopic (exact) mass is 241 g/mol. The molecule has 0 aliphatic carbocycles. The van der Waals surface area contributed by atoms with Crippen molar-refractivity contribution in [3.05, 3.63) is 41.5 Å². The summed E-state index contributed by atoms with van der Waals surface area (Å²) in [4.78, 5) is 0.844. The van der Waals surface area contributed by atoms with Crippen LogP contribution in [0.5, 0.6) is 0 Å².